The second kappa shape index (κ2) is 2.37. The molecule has 1 aliphatic heterocycles. The molecule has 2 heteroatoms. The summed E-state index contributed by atoms with van der Waals surface area (Å²) >= 11 is 0. The number of cyclic esters (lactones) is 1. The van der Waals surface area contributed by atoms with E-state index in [1.54, 1.807) is 0 Å². The molecule has 0 N–H and O–H groups in total. The van der Waals surface area contributed by atoms with Crippen molar-refractivity contribution in [2.75, 3.05) is 0 Å². The van der Waals surface area contributed by atoms with Crippen LogP contribution in [-0.2, 0) is 9.53 Å². The lowest BCUT2D eigenvalue weighted by molar-refractivity contribution is -0.235. The zero-order valence-electron chi connectivity index (χ0n) is 8.52. The minimum Gasteiger partial charge on any atom is -0.458 e. The van der Waals surface area contributed by atoms with Crippen molar-refractivity contribution in [3.8, 4) is 0 Å². The van der Waals surface area contributed by atoms with Gasteiger partial charge in [-0.3, -0.25) is 4.79 Å². The Morgan fingerprint density at radius 3 is 2.54 bits per heavy atom. The molecule has 0 radical (unpaired) electrons. The maximum absolute atomic E-state index is 11.5. The van der Waals surface area contributed by atoms with Crippen molar-refractivity contribution in [2.24, 2.45) is 5.41 Å². The average Bonchev–Trinajstić information content (AvgIpc) is 2.04. The topological polar surface area (TPSA) is 26.3 Å². The highest BCUT2D eigenvalue weighted by molar-refractivity contribution is 5.85. The molecule has 1 heterocycles. The number of esters is 1. The fourth-order valence-electron chi connectivity index (χ4n) is 2.32. The van der Waals surface area contributed by atoms with Gasteiger partial charge < -0.3 is 4.74 Å². The maximum Gasteiger partial charge on any atom is 0.317 e. The van der Waals surface area contributed by atoms with Crippen LogP contribution in [0.3, 0.4) is 0 Å². The van der Waals surface area contributed by atoms with Gasteiger partial charge in [0.15, 0.2) is 0 Å². The van der Waals surface area contributed by atoms with Crippen molar-refractivity contribution in [3.05, 3.63) is 11.6 Å². The molecule has 0 bridgehead atoms. The molecular weight excluding hydrogens is 164 g/mol. The van der Waals surface area contributed by atoms with Gasteiger partial charge in [0.2, 0.25) is 0 Å². The van der Waals surface area contributed by atoms with Crippen molar-refractivity contribution in [2.45, 2.75) is 45.6 Å². The molecule has 1 atom stereocenters. The number of ether oxygens (including phenoxy) is 1. The minimum absolute atomic E-state index is 0.00116. The Labute approximate surface area is 79.0 Å². The van der Waals surface area contributed by atoms with Crippen LogP contribution >= 0.6 is 0 Å². The Bertz CT molecular complexity index is 288. The van der Waals surface area contributed by atoms with Crippen LogP contribution < -0.4 is 0 Å². The number of carbonyl (C=O) groups excluding carboxylic acids is 1. The van der Waals surface area contributed by atoms with Gasteiger partial charge in [0.1, 0.15) is 11.0 Å². The van der Waals surface area contributed by atoms with E-state index in [0.717, 1.165) is 19.3 Å². The standard InChI is InChI=1S/C11H16O2/c1-8-4-6-11(7-5-8)9(12)13-10(11,2)3/h4H,5-7H2,1-3H3. The minimum atomic E-state index is -0.249. The zero-order valence-corrected chi connectivity index (χ0v) is 8.52. The summed E-state index contributed by atoms with van der Waals surface area (Å²) in [6.07, 6.45) is 5.05. The van der Waals surface area contributed by atoms with Gasteiger partial charge >= 0.3 is 5.97 Å². The Morgan fingerprint density at radius 2 is 2.15 bits per heavy atom. The van der Waals surface area contributed by atoms with Gasteiger partial charge in [0, 0.05) is 0 Å². The van der Waals surface area contributed by atoms with E-state index in [-0.39, 0.29) is 17.0 Å². The van der Waals surface area contributed by atoms with Crippen LogP contribution in [0.25, 0.3) is 0 Å². The van der Waals surface area contributed by atoms with Gasteiger partial charge in [0.05, 0.1) is 0 Å². The Kier molecular flexibility index (Phi) is 1.60. The van der Waals surface area contributed by atoms with Crippen LogP contribution in [0, 0.1) is 5.41 Å². The first kappa shape index (κ1) is 8.79. The van der Waals surface area contributed by atoms with E-state index in [4.69, 9.17) is 4.74 Å². The summed E-state index contributed by atoms with van der Waals surface area (Å²) in [6.45, 7) is 6.16. The van der Waals surface area contributed by atoms with E-state index in [1.807, 2.05) is 13.8 Å². The molecule has 2 nitrogen and oxygen atoms in total. The summed E-state index contributed by atoms with van der Waals surface area (Å²) in [4.78, 5) is 11.5. The van der Waals surface area contributed by atoms with E-state index in [2.05, 4.69) is 13.0 Å². The van der Waals surface area contributed by atoms with Gasteiger partial charge in [-0.2, -0.15) is 0 Å². The summed E-state index contributed by atoms with van der Waals surface area (Å²) in [6, 6.07) is 0. The lowest BCUT2D eigenvalue weighted by Gasteiger charge is -2.54. The van der Waals surface area contributed by atoms with E-state index in [0.29, 0.717) is 0 Å². The molecule has 0 aromatic heterocycles. The third-order valence-electron chi connectivity index (χ3n) is 3.64. The molecule has 1 spiro atoms. The molecule has 0 saturated carbocycles. The lowest BCUT2D eigenvalue weighted by Crippen LogP contribution is -2.63. The van der Waals surface area contributed by atoms with Crippen LogP contribution in [0.5, 0.6) is 0 Å². The van der Waals surface area contributed by atoms with Crippen molar-refractivity contribution >= 4 is 5.97 Å². The van der Waals surface area contributed by atoms with E-state index >= 15 is 0 Å². The molecule has 2 aliphatic rings. The van der Waals surface area contributed by atoms with Gasteiger partial charge in [-0.15, -0.1) is 0 Å². The molecule has 0 amide bonds. The first-order valence-electron chi connectivity index (χ1n) is 4.87. The number of hydrogen-bond acceptors (Lipinski definition) is 2. The monoisotopic (exact) mass is 180 g/mol. The number of rotatable bonds is 0. The predicted molar refractivity (Wildman–Crippen MR) is 50.2 cm³/mol. The van der Waals surface area contributed by atoms with Gasteiger partial charge in [-0.05, 0) is 40.0 Å². The van der Waals surface area contributed by atoms with Crippen LogP contribution in [0.1, 0.15) is 40.0 Å². The lowest BCUT2D eigenvalue weighted by atomic mass is 9.61. The summed E-state index contributed by atoms with van der Waals surface area (Å²) in [7, 11) is 0. The molecule has 0 aromatic carbocycles. The molecule has 1 aliphatic carbocycles. The molecule has 1 unspecified atom stereocenters. The Balaban J connectivity index is 2.27. The molecule has 13 heavy (non-hydrogen) atoms. The largest absolute Gasteiger partial charge is 0.458 e. The van der Waals surface area contributed by atoms with Crippen LogP contribution in [-0.4, -0.2) is 11.6 Å². The highest BCUT2D eigenvalue weighted by atomic mass is 16.6. The average molecular weight is 180 g/mol. The second-order valence-corrected chi connectivity index (χ2v) is 4.74. The quantitative estimate of drug-likeness (QED) is 0.423. The summed E-state index contributed by atoms with van der Waals surface area (Å²) in [5, 5.41) is 0. The third-order valence-corrected chi connectivity index (χ3v) is 3.64. The van der Waals surface area contributed by atoms with Crippen LogP contribution in [0.15, 0.2) is 11.6 Å². The third kappa shape index (κ3) is 0.976. The summed E-state index contributed by atoms with van der Waals surface area (Å²) < 4.78 is 5.19. The molecule has 2 rings (SSSR count). The number of hydrogen-bond donors (Lipinski definition) is 0. The molecule has 72 valence electrons. The van der Waals surface area contributed by atoms with Crippen molar-refractivity contribution in [1.29, 1.82) is 0 Å². The summed E-state index contributed by atoms with van der Waals surface area (Å²) in [5.41, 5.74) is 0.953. The smallest absolute Gasteiger partial charge is 0.317 e. The van der Waals surface area contributed by atoms with E-state index < -0.39 is 0 Å². The SMILES string of the molecule is CC1=CCC2(CC1)C(=O)OC2(C)C. The Hall–Kier alpha value is -0.790. The van der Waals surface area contributed by atoms with Gasteiger partial charge in [0.25, 0.3) is 0 Å². The van der Waals surface area contributed by atoms with E-state index in [9.17, 15) is 4.79 Å². The van der Waals surface area contributed by atoms with Crippen LogP contribution in [0.2, 0.25) is 0 Å². The van der Waals surface area contributed by atoms with E-state index in [1.165, 1.54) is 5.57 Å². The summed E-state index contributed by atoms with van der Waals surface area (Å²) in [5.74, 6) is 0.00116. The van der Waals surface area contributed by atoms with Crippen molar-refractivity contribution in [3.63, 3.8) is 0 Å². The first-order chi connectivity index (χ1) is 5.98. The first-order valence-corrected chi connectivity index (χ1v) is 4.87. The van der Waals surface area contributed by atoms with Crippen molar-refractivity contribution < 1.29 is 9.53 Å². The predicted octanol–water partition coefficient (Wildman–Crippen LogP) is 2.44. The molecule has 1 saturated heterocycles. The van der Waals surface area contributed by atoms with Gasteiger partial charge in [-0.25, -0.2) is 0 Å². The molecular formula is C11H16O2. The normalized spacial score (nSPS) is 36.5. The zero-order chi connectivity index (χ0) is 9.69. The number of allylic oxidation sites excluding steroid dienone is 2. The van der Waals surface area contributed by atoms with Gasteiger partial charge in [-0.1, -0.05) is 11.6 Å². The molecule has 0 aromatic rings. The fourth-order valence-corrected chi connectivity index (χ4v) is 2.32. The Morgan fingerprint density at radius 1 is 1.46 bits per heavy atom. The highest BCUT2D eigenvalue weighted by Gasteiger charge is 2.63. The second-order valence-electron chi connectivity index (χ2n) is 4.74. The highest BCUT2D eigenvalue weighted by Crippen LogP contribution is 2.54. The number of carbonyl (C=O) groups is 1. The molecule has 1 fully saturated rings. The fraction of sp³-hybridized carbons (Fsp3) is 0.727. The van der Waals surface area contributed by atoms with Crippen LogP contribution in [0.4, 0.5) is 0 Å². The maximum atomic E-state index is 11.5. The van der Waals surface area contributed by atoms with Crippen molar-refractivity contribution in [1.82, 2.24) is 0 Å².